The Bertz CT molecular complexity index is 1510. The minimum absolute atomic E-state index is 0.109. The van der Waals surface area contributed by atoms with Crippen LogP contribution >= 0.6 is 0 Å². The van der Waals surface area contributed by atoms with Gasteiger partial charge in [-0.25, -0.2) is 4.98 Å². The van der Waals surface area contributed by atoms with Crippen LogP contribution in [-0.4, -0.2) is 71.4 Å². The summed E-state index contributed by atoms with van der Waals surface area (Å²) in [5.74, 6) is 0.477. The van der Waals surface area contributed by atoms with E-state index in [0.717, 1.165) is 66.9 Å². The molecule has 1 unspecified atom stereocenters. The van der Waals surface area contributed by atoms with Crippen LogP contribution in [-0.2, 0) is 12.8 Å². The maximum atomic E-state index is 12.3. The van der Waals surface area contributed by atoms with Crippen molar-refractivity contribution in [2.45, 2.75) is 31.7 Å². The third-order valence-corrected chi connectivity index (χ3v) is 8.26. The Morgan fingerprint density at radius 3 is 2.63 bits per heavy atom. The number of ether oxygens (including phenoxy) is 1. The summed E-state index contributed by atoms with van der Waals surface area (Å²) in [5.41, 5.74) is 8.21. The van der Waals surface area contributed by atoms with Crippen LogP contribution in [0.2, 0.25) is 0 Å². The van der Waals surface area contributed by atoms with E-state index in [-0.39, 0.29) is 5.91 Å². The number of pyridine rings is 1. The molecule has 194 valence electrons. The number of carbonyl (C=O) groups is 1. The van der Waals surface area contributed by atoms with E-state index in [9.17, 15) is 4.79 Å². The van der Waals surface area contributed by atoms with Gasteiger partial charge in [0.05, 0.1) is 12.1 Å². The molecule has 3 aliphatic rings. The number of amides is 1. The smallest absolute Gasteiger partial charge is 0.255 e. The van der Waals surface area contributed by atoms with Crippen molar-refractivity contribution in [1.29, 1.82) is 0 Å². The molecular weight excluding hydrogens is 476 g/mol. The van der Waals surface area contributed by atoms with Gasteiger partial charge in [-0.1, -0.05) is 24.3 Å². The average Bonchev–Trinajstić information content (AvgIpc) is 3.14. The predicted octanol–water partition coefficient (Wildman–Crippen LogP) is 3.57. The number of H-pyrrole nitrogens is 1. The van der Waals surface area contributed by atoms with E-state index in [1.807, 2.05) is 24.4 Å². The molecule has 2 aromatic heterocycles. The number of hydrogen-bond donors (Lipinski definition) is 3. The van der Waals surface area contributed by atoms with Crippen LogP contribution in [0.15, 0.2) is 48.7 Å². The van der Waals surface area contributed by atoms with E-state index in [1.54, 1.807) is 0 Å². The summed E-state index contributed by atoms with van der Waals surface area (Å²) in [7, 11) is 0. The number of aromatic amines is 1. The third kappa shape index (κ3) is 4.33. The van der Waals surface area contributed by atoms with Gasteiger partial charge in [0.15, 0.2) is 5.65 Å². The zero-order valence-corrected chi connectivity index (χ0v) is 21.4. The van der Waals surface area contributed by atoms with Gasteiger partial charge in [-0.05, 0) is 60.6 Å². The van der Waals surface area contributed by atoms with E-state index >= 15 is 0 Å². The number of benzene rings is 2. The Labute approximate surface area is 221 Å². The van der Waals surface area contributed by atoms with Crippen molar-refractivity contribution >= 4 is 16.9 Å². The summed E-state index contributed by atoms with van der Waals surface area (Å²) in [6.07, 6.45) is 6.65. The quantitative estimate of drug-likeness (QED) is 0.366. The monoisotopic (exact) mass is 508 g/mol. The minimum atomic E-state index is -0.109. The molecule has 38 heavy (non-hydrogen) atoms. The maximum absolute atomic E-state index is 12.3. The third-order valence-electron chi connectivity index (χ3n) is 8.26. The van der Waals surface area contributed by atoms with Gasteiger partial charge in [-0.15, -0.1) is 0 Å². The van der Waals surface area contributed by atoms with Crippen LogP contribution in [0.5, 0.6) is 5.75 Å². The van der Waals surface area contributed by atoms with E-state index in [4.69, 9.17) is 9.72 Å². The molecule has 2 aromatic carbocycles. The minimum Gasteiger partial charge on any atom is -0.491 e. The number of nitrogens with one attached hydrogen (secondary N) is 3. The van der Waals surface area contributed by atoms with Crippen molar-refractivity contribution in [1.82, 2.24) is 30.7 Å². The first-order chi connectivity index (χ1) is 18.7. The molecule has 1 amide bonds. The Hall–Kier alpha value is -3.75. The largest absolute Gasteiger partial charge is 0.491 e. The first-order valence-electron chi connectivity index (χ1n) is 13.7. The number of aryl methyl sites for hydroxylation is 2. The molecule has 3 N–H and O–H groups in total. The van der Waals surface area contributed by atoms with Gasteiger partial charge in [0.25, 0.3) is 5.91 Å². The highest BCUT2D eigenvalue weighted by Crippen LogP contribution is 2.34. The SMILES string of the molecule is O=C1NCCOc2cc(-c3n[nH]c4ncc(-c5ccc6c(c5)CCC(N5CCNCC5)CC6)cc34)ccc21. The van der Waals surface area contributed by atoms with Gasteiger partial charge in [-0.3, -0.25) is 14.8 Å². The molecule has 1 aliphatic carbocycles. The number of aromatic nitrogens is 3. The fraction of sp³-hybridized carbons (Fsp3) is 0.367. The highest BCUT2D eigenvalue weighted by Gasteiger charge is 2.24. The van der Waals surface area contributed by atoms with Crippen molar-refractivity contribution in [2.75, 3.05) is 39.3 Å². The molecule has 1 atom stereocenters. The molecule has 2 aliphatic heterocycles. The molecule has 0 saturated carbocycles. The van der Waals surface area contributed by atoms with Crippen LogP contribution in [0.25, 0.3) is 33.4 Å². The van der Waals surface area contributed by atoms with Gasteiger partial charge in [0, 0.05) is 54.9 Å². The summed E-state index contributed by atoms with van der Waals surface area (Å²) >= 11 is 0. The lowest BCUT2D eigenvalue weighted by atomic mass is 9.96. The number of fused-ring (bicyclic) bond motifs is 3. The van der Waals surface area contributed by atoms with Crippen LogP contribution in [0.4, 0.5) is 0 Å². The summed E-state index contributed by atoms with van der Waals surface area (Å²) in [6, 6.07) is 15.4. The summed E-state index contributed by atoms with van der Waals surface area (Å²) in [6.45, 7) is 5.48. The second-order valence-corrected chi connectivity index (χ2v) is 10.5. The second-order valence-electron chi connectivity index (χ2n) is 10.5. The highest BCUT2D eigenvalue weighted by atomic mass is 16.5. The predicted molar refractivity (Wildman–Crippen MR) is 147 cm³/mol. The number of carbonyl (C=O) groups excluding carboxylic acids is 1. The first-order valence-corrected chi connectivity index (χ1v) is 13.7. The molecule has 0 spiro atoms. The first kappa shape index (κ1) is 23.4. The summed E-state index contributed by atoms with van der Waals surface area (Å²) < 4.78 is 5.83. The van der Waals surface area contributed by atoms with E-state index < -0.39 is 0 Å². The molecule has 0 radical (unpaired) electrons. The Balaban J connectivity index is 1.18. The van der Waals surface area contributed by atoms with E-state index in [0.29, 0.717) is 30.5 Å². The van der Waals surface area contributed by atoms with Crippen molar-refractivity contribution in [3.05, 3.63) is 65.4 Å². The highest BCUT2D eigenvalue weighted by molar-refractivity contribution is 5.99. The van der Waals surface area contributed by atoms with Gasteiger partial charge >= 0.3 is 0 Å². The molecule has 0 bridgehead atoms. The lowest BCUT2D eigenvalue weighted by Gasteiger charge is -2.34. The number of piperazine rings is 1. The molecule has 1 fully saturated rings. The van der Waals surface area contributed by atoms with Crippen LogP contribution in [0.3, 0.4) is 0 Å². The molecule has 7 rings (SSSR count). The molecule has 1 saturated heterocycles. The number of nitrogens with zero attached hydrogens (tertiary/aromatic N) is 3. The number of rotatable bonds is 3. The molecule has 8 nitrogen and oxygen atoms in total. The molecular formula is C30H32N6O2. The summed E-state index contributed by atoms with van der Waals surface area (Å²) in [4.78, 5) is 19.7. The molecule has 4 heterocycles. The van der Waals surface area contributed by atoms with Crippen molar-refractivity contribution < 1.29 is 9.53 Å². The van der Waals surface area contributed by atoms with Crippen molar-refractivity contribution in [2.24, 2.45) is 0 Å². The lowest BCUT2D eigenvalue weighted by Crippen LogP contribution is -2.48. The second kappa shape index (κ2) is 9.85. The van der Waals surface area contributed by atoms with Gasteiger partial charge in [0.1, 0.15) is 18.1 Å². The van der Waals surface area contributed by atoms with Gasteiger partial charge in [-0.2, -0.15) is 5.10 Å². The molecule has 8 heteroatoms. The number of hydrogen-bond acceptors (Lipinski definition) is 6. The van der Waals surface area contributed by atoms with Crippen molar-refractivity contribution in [3.63, 3.8) is 0 Å². The fourth-order valence-electron chi connectivity index (χ4n) is 6.16. The Morgan fingerprint density at radius 1 is 0.895 bits per heavy atom. The standard InChI is InChI=1S/C30H32N6O2/c37-30-25-8-5-22(17-27(25)38-14-11-32-30)28-26-16-23(18-33-29(26)35-34-28)21-2-1-19-3-6-24(7-4-20(19)15-21)36-12-9-31-10-13-36/h1-2,5,8,15-18,24,31H,3-4,6-7,9-14H2,(H,32,37)(H,33,34,35). The lowest BCUT2D eigenvalue weighted by molar-refractivity contribution is 0.0957. The van der Waals surface area contributed by atoms with Crippen LogP contribution in [0.1, 0.15) is 34.3 Å². The van der Waals surface area contributed by atoms with E-state index in [2.05, 4.69) is 50.0 Å². The average molecular weight is 509 g/mol. The van der Waals surface area contributed by atoms with E-state index in [1.165, 1.54) is 29.5 Å². The normalized spacial score (nSPS) is 20.1. The van der Waals surface area contributed by atoms with Gasteiger partial charge < -0.3 is 15.4 Å². The topological polar surface area (TPSA) is 95.2 Å². The zero-order chi connectivity index (χ0) is 25.5. The molecule has 4 aromatic rings. The summed E-state index contributed by atoms with van der Waals surface area (Å²) in [5, 5.41) is 14.9. The van der Waals surface area contributed by atoms with Crippen LogP contribution < -0.4 is 15.4 Å². The zero-order valence-electron chi connectivity index (χ0n) is 21.4. The fourth-order valence-corrected chi connectivity index (χ4v) is 6.16. The van der Waals surface area contributed by atoms with Gasteiger partial charge in [0.2, 0.25) is 0 Å². The van der Waals surface area contributed by atoms with Crippen LogP contribution in [0, 0.1) is 0 Å². The van der Waals surface area contributed by atoms with Crippen molar-refractivity contribution in [3.8, 4) is 28.1 Å². The Kier molecular flexibility index (Phi) is 6.06. The maximum Gasteiger partial charge on any atom is 0.255 e. The Morgan fingerprint density at radius 2 is 1.74 bits per heavy atom.